The number of hydrogen-bond donors (Lipinski definition) is 0. The van der Waals surface area contributed by atoms with Gasteiger partial charge >= 0.3 is 5.97 Å². The maximum atomic E-state index is 11.5. The molecule has 0 saturated carbocycles. The summed E-state index contributed by atoms with van der Waals surface area (Å²) in [5.74, 6) is 0.819. The van der Waals surface area contributed by atoms with E-state index in [1.807, 2.05) is 0 Å². The zero-order chi connectivity index (χ0) is 13.7. The summed E-state index contributed by atoms with van der Waals surface area (Å²) in [5.41, 5.74) is 0.747. The van der Waals surface area contributed by atoms with Gasteiger partial charge in [-0.05, 0) is 24.6 Å². The number of esters is 1. The van der Waals surface area contributed by atoms with Gasteiger partial charge in [-0.1, -0.05) is 0 Å². The first-order valence-electron chi connectivity index (χ1n) is 5.46. The van der Waals surface area contributed by atoms with E-state index in [9.17, 15) is 4.79 Å². The van der Waals surface area contributed by atoms with Crippen molar-refractivity contribution in [1.29, 1.82) is 0 Å². The van der Waals surface area contributed by atoms with Crippen LogP contribution < -0.4 is 14.2 Å². The smallest absolute Gasteiger partial charge is 0.312 e. The Balaban J connectivity index is 3.27. The largest absolute Gasteiger partial charge is 0.493 e. The van der Waals surface area contributed by atoms with E-state index >= 15 is 0 Å². The molecule has 1 atom stereocenters. The first-order chi connectivity index (χ1) is 8.58. The van der Waals surface area contributed by atoms with Gasteiger partial charge < -0.3 is 18.9 Å². The molecule has 0 bridgehead atoms. The highest BCUT2D eigenvalue weighted by atomic mass is 16.5. The molecule has 0 aliphatic rings. The Hall–Kier alpha value is -1.91. The van der Waals surface area contributed by atoms with Gasteiger partial charge in [-0.3, -0.25) is 4.79 Å². The monoisotopic (exact) mass is 254 g/mol. The number of benzene rings is 1. The van der Waals surface area contributed by atoms with Gasteiger partial charge in [-0.25, -0.2) is 0 Å². The normalized spacial score (nSPS) is 11.6. The van der Waals surface area contributed by atoms with Crippen molar-refractivity contribution in [1.82, 2.24) is 0 Å². The lowest BCUT2D eigenvalue weighted by Gasteiger charge is -2.16. The lowest BCUT2D eigenvalue weighted by molar-refractivity contribution is -0.141. The van der Waals surface area contributed by atoms with Crippen molar-refractivity contribution in [3.8, 4) is 17.2 Å². The Morgan fingerprint density at radius 1 is 1.00 bits per heavy atom. The summed E-state index contributed by atoms with van der Waals surface area (Å²) in [6.45, 7) is 1.76. The van der Waals surface area contributed by atoms with Crippen molar-refractivity contribution in [2.24, 2.45) is 0 Å². The summed E-state index contributed by atoms with van der Waals surface area (Å²) < 4.78 is 20.4. The molecule has 0 unspecified atom stereocenters. The van der Waals surface area contributed by atoms with Gasteiger partial charge in [0.1, 0.15) is 0 Å². The Bertz CT molecular complexity index is 402. The van der Waals surface area contributed by atoms with Gasteiger partial charge in [0, 0.05) is 0 Å². The molecular formula is C13H18O5. The van der Waals surface area contributed by atoms with Crippen LogP contribution in [0.1, 0.15) is 18.4 Å². The lowest BCUT2D eigenvalue weighted by Crippen LogP contribution is -2.11. The fourth-order valence-corrected chi connectivity index (χ4v) is 1.66. The second kappa shape index (κ2) is 6.14. The van der Waals surface area contributed by atoms with Crippen LogP contribution in [0.25, 0.3) is 0 Å². The molecule has 1 aromatic carbocycles. The highest BCUT2D eigenvalue weighted by Crippen LogP contribution is 2.40. The van der Waals surface area contributed by atoms with Crippen molar-refractivity contribution in [3.63, 3.8) is 0 Å². The average molecular weight is 254 g/mol. The lowest BCUT2D eigenvalue weighted by atomic mass is 10.0. The topological polar surface area (TPSA) is 54.0 Å². The van der Waals surface area contributed by atoms with Crippen LogP contribution in [-0.2, 0) is 9.53 Å². The first-order valence-corrected chi connectivity index (χ1v) is 5.46. The minimum absolute atomic E-state index is 0.315. The average Bonchev–Trinajstić information content (AvgIpc) is 2.43. The number of carbonyl (C=O) groups excluding carboxylic acids is 1. The molecule has 5 nitrogen and oxygen atoms in total. The van der Waals surface area contributed by atoms with Gasteiger partial charge in [0.15, 0.2) is 11.5 Å². The maximum absolute atomic E-state index is 11.5. The van der Waals surface area contributed by atoms with E-state index in [0.29, 0.717) is 17.2 Å². The summed E-state index contributed by atoms with van der Waals surface area (Å²) in [5, 5.41) is 0. The molecule has 5 heteroatoms. The van der Waals surface area contributed by atoms with Gasteiger partial charge in [0.2, 0.25) is 5.75 Å². The van der Waals surface area contributed by atoms with E-state index in [1.54, 1.807) is 19.1 Å². The van der Waals surface area contributed by atoms with Gasteiger partial charge in [0.05, 0.1) is 34.4 Å². The molecule has 0 heterocycles. The summed E-state index contributed by atoms with van der Waals surface area (Å²) in [6.07, 6.45) is 0. The zero-order valence-corrected chi connectivity index (χ0v) is 11.3. The molecule has 0 radical (unpaired) electrons. The predicted octanol–water partition coefficient (Wildman–Crippen LogP) is 1.99. The third kappa shape index (κ3) is 2.67. The van der Waals surface area contributed by atoms with Crippen LogP contribution in [0, 0.1) is 0 Å². The van der Waals surface area contributed by atoms with Crippen molar-refractivity contribution in [3.05, 3.63) is 17.7 Å². The van der Waals surface area contributed by atoms with Crippen molar-refractivity contribution >= 4 is 5.97 Å². The molecule has 0 aromatic heterocycles. The van der Waals surface area contributed by atoms with Crippen LogP contribution in [0.2, 0.25) is 0 Å². The Morgan fingerprint density at radius 3 is 1.83 bits per heavy atom. The van der Waals surface area contributed by atoms with E-state index < -0.39 is 5.92 Å². The fraction of sp³-hybridized carbons (Fsp3) is 0.462. The number of hydrogen-bond acceptors (Lipinski definition) is 5. The van der Waals surface area contributed by atoms with E-state index in [1.165, 1.54) is 28.4 Å². The van der Waals surface area contributed by atoms with Crippen LogP contribution in [0.3, 0.4) is 0 Å². The van der Waals surface area contributed by atoms with E-state index in [2.05, 4.69) is 0 Å². The van der Waals surface area contributed by atoms with Gasteiger partial charge in [-0.2, -0.15) is 0 Å². The number of ether oxygens (including phenoxy) is 4. The highest BCUT2D eigenvalue weighted by molar-refractivity contribution is 5.78. The SMILES string of the molecule is COC(=O)[C@H](C)c1cc(OC)c(OC)c(OC)c1. The maximum Gasteiger partial charge on any atom is 0.312 e. The second-order valence-corrected chi connectivity index (χ2v) is 3.70. The molecule has 1 aromatic rings. The van der Waals surface area contributed by atoms with E-state index in [0.717, 1.165) is 5.56 Å². The summed E-state index contributed by atoms with van der Waals surface area (Å²) in [7, 11) is 5.95. The van der Waals surface area contributed by atoms with Crippen LogP contribution in [0.4, 0.5) is 0 Å². The molecule has 0 saturated heterocycles. The van der Waals surface area contributed by atoms with Gasteiger partial charge in [0.25, 0.3) is 0 Å². The third-order valence-corrected chi connectivity index (χ3v) is 2.74. The van der Waals surface area contributed by atoms with Crippen LogP contribution >= 0.6 is 0 Å². The quantitative estimate of drug-likeness (QED) is 0.752. The minimum Gasteiger partial charge on any atom is -0.493 e. The first kappa shape index (κ1) is 14.2. The molecule has 0 fully saturated rings. The predicted molar refractivity (Wildman–Crippen MR) is 66.5 cm³/mol. The molecule has 0 spiro atoms. The Labute approximate surface area is 107 Å². The van der Waals surface area contributed by atoms with E-state index in [4.69, 9.17) is 18.9 Å². The molecule has 0 N–H and O–H groups in total. The number of rotatable bonds is 5. The third-order valence-electron chi connectivity index (χ3n) is 2.74. The summed E-state index contributed by atoms with van der Waals surface area (Å²) >= 11 is 0. The highest BCUT2D eigenvalue weighted by Gasteiger charge is 2.21. The molecule has 18 heavy (non-hydrogen) atoms. The Kier molecular flexibility index (Phi) is 4.83. The molecule has 1 rings (SSSR count). The van der Waals surface area contributed by atoms with Gasteiger partial charge in [-0.15, -0.1) is 0 Å². The van der Waals surface area contributed by atoms with E-state index in [-0.39, 0.29) is 5.97 Å². The minimum atomic E-state index is -0.399. The number of methoxy groups -OCH3 is 4. The molecule has 0 aliphatic carbocycles. The standard InChI is InChI=1S/C13H18O5/c1-8(13(14)18-5)9-6-10(15-2)12(17-4)11(7-9)16-3/h6-8H,1-5H3/t8-/m1/s1. The Morgan fingerprint density at radius 2 is 1.50 bits per heavy atom. The molecule has 0 aliphatic heterocycles. The molecular weight excluding hydrogens is 236 g/mol. The van der Waals surface area contributed by atoms with Crippen molar-refractivity contribution in [2.45, 2.75) is 12.8 Å². The molecule has 0 amide bonds. The second-order valence-electron chi connectivity index (χ2n) is 3.70. The van der Waals surface area contributed by atoms with Crippen molar-refractivity contribution in [2.75, 3.05) is 28.4 Å². The number of carbonyl (C=O) groups is 1. The summed E-state index contributed by atoms with van der Waals surface area (Å²) in [6, 6.07) is 3.48. The molecule has 100 valence electrons. The fourth-order valence-electron chi connectivity index (χ4n) is 1.66. The zero-order valence-electron chi connectivity index (χ0n) is 11.3. The summed E-state index contributed by atoms with van der Waals surface area (Å²) in [4.78, 5) is 11.5. The van der Waals surface area contributed by atoms with Crippen molar-refractivity contribution < 1.29 is 23.7 Å². The van der Waals surface area contributed by atoms with Crippen LogP contribution in [0.15, 0.2) is 12.1 Å². The van der Waals surface area contributed by atoms with Crippen LogP contribution in [0.5, 0.6) is 17.2 Å². The van der Waals surface area contributed by atoms with Crippen LogP contribution in [-0.4, -0.2) is 34.4 Å².